The minimum absolute atomic E-state index is 0.00694. The van der Waals surface area contributed by atoms with Gasteiger partial charge in [-0.05, 0) is 44.0 Å². The number of carboxylic acid groups (broad SMARTS) is 1. The molecule has 4 rings (SSSR count). The molecule has 0 unspecified atom stereocenters. The molecule has 18 heavy (non-hydrogen) atoms. The molecule has 0 aliphatic carbocycles. The quantitative estimate of drug-likeness (QED) is 0.791. The van der Waals surface area contributed by atoms with Gasteiger partial charge in [-0.1, -0.05) is 18.2 Å². The third-order valence-electron chi connectivity index (χ3n) is 3.64. The molecule has 0 amide bonds. The van der Waals surface area contributed by atoms with Crippen LogP contribution in [0.15, 0.2) is 30.3 Å². The molecular weight excluding hydrogens is 230 g/mol. The number of hydrogen-bond acceptors (Lipinski definition) is 3. The molecule has 1 aromatic rings. The van der Waals surface area contributed by atoms with Crippen LogP contribution < -0.4 is 0 Å². The highest BCUT2D eigenvalue weighted by Gasteiger charge is 2.32. The zero-order valence-corrected chi connectivity index (χ0v) is 10.3. The summed E-state index contributed by atoms with van der Waals surface area (Å²) in [5.41, 5.74) is 0.331. The fourth-order valence-electron chi connectivity index (χ4n) is 2.51. The van der Waals surface area contributed by atoms with Crippen LogP contribution in [0.1, 0.15) is 23.2 Å². The van der Waals surface area contributed by atoms with E-state index in [1.807, 2.05) is 0 Å². The van der Waals surface area contributed by atoms with Gasteiger partial charge in [0.2, 0.25) is 0 Å². The van der Waals surface area contributed by atoms with E-state index in [4.69, 9.17) is 5.11 Å². The lowest BCUT2D eigenvalue weighted by Gasteiger charge is -2.42. The number of piperidine rings is 3. The Hall–Kier alpha value is -1.39. The Morgan fingerprint density at radius 2 is 1.78 bits per heavy atom. The minimum atomic E-state index is -0.879. The van der Waals surface area contributed by atoms with Crippen LogP contribution in [0.2, 0.25) is 0 Å². The third-order valence-corrected chi connectivity index (χ3v) is 3.64. The fourth-order valence-corrected chi connectivity index (χ4v) is 2.51. The smallest absolute Gasteiger partial charge is 0.335 e. The molecule has 3 aliphatic heterocycles. The number of rotatable bonds is 1. The second kappa shape index (κ2) is 5.98. The van der Waals surface area contributed by atoms with E-state index in [-0.39, 0.29) is 6.10 Å². The standard InChI is InChI=1S/C7H13NO.C7H6O2/c9-7-5-8-3-1-6(7)2-4-8;8-7(9)6-4-2-1-3-5-6/h6-7,9H,1-5H2;1-5H,(H,8,9)/t7-;/m0./s1. The number of benzene rings is 1. The van der Waals surface area contributed by atoms with E-state index in [1.165, 1.54) is 25.9 Å². The highest BCUT2D eigenvalue weighted by atomic mass is 16.4. The maximum atomic E-state index is 10.2. The molecule has 1 atom stereocenters. The van der Waals surface area contributed by atoms with Crippen LogP contribution >= 0.6 is 0 Å². The van der Waals surface area contributed by atoms with Crippen molar-refractivity contribution in [2.75, 3.05) is 19.6 Å². The van der Waals surface area contributed by atoms with Gasteiger partial charge >= 0.3 is 5.97 Å². The normalized spacial score (nSPS) is 29.3. The fraction of sp³-hybridized carbons (Fsp3) is 0.500. The Labute approximate surface area is 107 Å². The van der Waals surface area contributed by atoms with Crippen molar-refractivity contribution in [2.24, 2.45) is 5.92 Å². The molecule has 1 aromatic carbocycles. The monoisotopic (exact) mass is 249 g/mol. The van der Waals surface area contributed by atoms with Gasteiger partial charge < -0.3 is 15.1 Å². The highest BCUT2D eigenvalue weighted by molar-refractivity contribution is 5.87. The number of aliphatic hydroxyl groups excluding tert-OH is 1. The Morgan fingerprint density at radius 3 is 2.06 bits per heavy atom. The maximum absolute atomic E-state index is 10.2. The summed E-state index contributed by atoms with van der Waals surface area (Å²) in [6.45, 7) is 3.38. The van der Waals surface area contributed by atoms with E-state index < -0.39 is 5.97 Å². The number of fused-ring (bicyclic) bond motifs is 3. The number of carboxylic acids is 1. The molecule has 98 valence electrons. The summed E-state index contributed by atoms with van der Waals surface area (Å²) in [6, 6.07) is 8.30. The minimum Gasteiger partial charge on any atom is -0.478 e. The van der Waals surface area contributed by atoms with Crippen molar-refractivity contribution < 1.29 is 15.0 Å². The van der Waals surface area contributed by atoms with Gasteiger partial charge in [-0.3, -0.25) is 0 Å². The summed E-state index contributed by atoms with van der Waals surface area (Å²) in [5, 5.41) is 17.7. The van der Waals surface area contributed by atoms with Gasteiger partial charge in [0.1, 0.15) is 0 Å². The third kappa shape index (κ3) is 3.31. The largest absolute Gasteiger partial charge is 0.478 e. The van der Waals surface area contributed by atoms with Crippen LogP contribution in [-0.4, -0.2) is 46.8 Å². The van der Waals surface area contributed by atoms with Crippen molar-refractivity contribution in [2.45, 2.75) is 18.9 Å². The molecule has 3 saturated heterocycles. The molecule has 2 bridgehead atoms. The lowest BCUT2D eigenvalue weighted by atomic mass is 9.86. The van der Waals surface area contributed by atoms with Gasteiger partial charge in [0, 0.05) is 6.54 Å². The second-order valence-corrected chi connectivity index (χ2v) is 4.88. The average Bonchev–Trinajstić information content (AvgIpc) is 2.41. The van der Waals surface area contributed by atoms with E-state index in [0.29, 0.717) is 11.5 Å². The van der Waals surface area contributed by atoms with Gasteiger partial charge in [-0.2, -0.15) is 0 Å². The van der Waals surface area contributed by atoms with Crippen molar-refractivity contribution in [1.29, 1.82) is 0 Å². The van der Waals surface area contributed by atoms with Crippen LogP contribution in [0, 0.1) is 5.92 Å². The van der Waals surface area contributed by atoms with Crippen LogP contribution in [0.5, 0.6) is 0 Å². The van der Waals surface area contributed by atoms with Crippen LogP contribution in [0.25, 0.3) is 0 Å². The molecule has 3 fully saturated rings. The van der Waals surface area contributed by atoms with E-state index >= 15 is 0 Å². The van der Waals surface area contributed by atoms with Crippen molar-refractivity contribution in [3.8, 4) is 0 Å². The molecule has 2 N–H and O–H groups in total. The summed E-state index contributed by atoms with van der Waals surface area (Å²) in [6.07, 6.45) is 2.44. The average molecular weight is 249 g/mol. The van der Waals surface area contributed by atoms with Gasteiger partial charge in [0.15, 0.2) is 0 Å². The summed E-state index contributed by atoms with van der Waals surface area (Å²) in [5.74, 6) is -0.245. The van der Waals surface area contributed by atoms with Crippen LogP contribution in [0.3, 0.4) is 0 Å². The Morgan fingerprint density at radius 1 is 1.17 bits per heavy atom. The Balaban J connectivity index is 0.000000134. The van der Waals surface area contributed by atoms with Crippen LogP contribution in [0.4, 0.5) is 0 Å². The molecule has 4 nitrogen and oxygen atoms in total. The second-order valence-electron chi connectivity index (χ2n) is 4.88. The van der Waals surface area contributed by atoms with E-state index in [2.05, 4.69) is 4.90 Å². The summed E-state index contributed by atoms with van der Waals surface area (Å²) in [4.78, 5) is 12.6. The number of aromatic carboxylic acids is 1. The first-order valence-electron chi connectivity index (χ1n) is 6.35. The van der Waals surface area contributed by atoms with E-state index in [9.17, 15) is 9.90 Å². The SMILES string of the molecule is O=C(O)c1ccccc1.O[C@H]1CN2CCC1CC2. The molecule has 0 radical (unpaired) electrons. The number of carbonyl (C=O) groups is 1. The zero-order valence-electron chi connectivity index (χ0n) is 10.3. The number of hydrogen-bond donors (Lipinski definition) is 2. The van der Waals surface area contributed by atoms with Crippen molar-refractivity contribution in [3.05, 3.63) is 35.9 Å². The first-order valence-corrected chi connectivity index (χ1v) is 6.35. The molecule has 0 saturated carbocycles. The lowest BCUT2D eigenvalue weighted by Crippen LogP contribution is -2.50. The zero-order chi connectivity index (χ0) is 13.0. The predicted octanol–water partition coefficient (Wildman–Crippen LogP) is 1.46. The summed E-state index contributed by atoms with van der Waals surface area (Å²) >= 11 is 0. The number of nitrogens with zero attached hydrogens (tertiary/aromatic N) is 1. The van der Waals surface area contributed by atoms with Crippen LogP contribution in [-0.2, 0) is 0 Å². The van der Waals surface area contributed by atoms with Crippen molar-refractivity contribution >= 4 is 5.97 Å². The Kier molecular flexibility index (Phi) is 4.33. The molecule has 3 heterocycles. The van der Waals surface area contributed by atoms with Gasteiger partial charge in [-0.25, -0.2) is 4.79 Å². The topological polar surface area (TPSA) is 60.8 Å². The maximum Gasteiger partial charge on any atom is 0.335 e. The van der Waals surface area contributed by atoms with Gasteiger partial charge in [-0.15, -0.1) is 0 Å². The summed E-state index contributed by atoms with van der Waals surface area (Å²) < 4.78 is 0. The van der Waals surface area contributed by atoms with E-state index in [1.54, 1.807) is 30.3 Å². The molecule has 3 aliphatic rings. The lowest BCUT2D eigenvalue weighted by molar-refractivity contribution is -0.0227. The molecule has 0 aromatic heterocycles. The predicted molar refractivity (Wildman–Crippen MR) is 68.6 cm³/mol. The van der Waals surface area contributed by atoms with E-state index in [0.717, 1.165) is 6.54 Å². The molecular formula is C14H19NO3. The first-order chi connectivity index (χ1) is 8.66. The van der Waals surface area contributed by atoms with Crippen molar-refractivity contribution in [1.82, 2.24) is 4.90 Å². The van der Waals surface area contributed by atoms with Gasteiger partial charge in [0.05, 0.1) is 11.7 Å². The Bertz CT molecular complexity index is 385. The summed E-state index contributed by atoms with van der Waals surface area (Å²) in [7, 11) is 0. The van der Waals surface area contributed by atoms with Crippen molar-refractivity contribution in [3.63, 3.8) is 0 Å². The molecule has 4 heteroatoms. The van der Waals surface area contributed by atoms with Gasteiger partial charge in [0.25, 0.3) is 0 Å². The highest BCUT2D eigenvalue weighted by Crippen LogP contribution is 2.26. The molecule has 0 spiro atoms. The number of aliphatic hydroxyl groups is 1. The first kappa shape index (κ1) is 13.1.